The van der Waals surface area contributed by atoms with E-state index in [0.717, 1.165) is 5.57 Å². The number of Topliss-reactive ketones (excluding diaryl/α,β-unsaturated/α-hetero) is 2. The van der Waals surface area contributed by atoms with E-state index in [1.54, 1.807) is 48.2 Å². The number of carbonyl (C=O) groups is 5. The van der Waals surface area contributed by atoms with Crippen LogP contribution in [0.15, 0.2) is 47.6 Å². The van der Waals surface area contributed by atoms with E-state index in [0.29, 0.717) is 116 Å². The van der Waals surface area contributed by atoms with E-state index >= 15 is 0 Å². The van der Waals surface area contributed by atoms with Crippen molar-refractivity contribution in [3.63, 3.8) is 0 Å². The predicted octanol–water partition coefficient (Wildman–Crippen LogP) is 5.47. The molecule has 1 aliphatic carbocycles. The Kier molecular flexibility index (Phi) is 30.1. The van der Waals surface area contributed by atoms with Gasteiger partial charge in [-0.1, -0.05) is 64.2 Å². The van der Waals surface area contributed by atoms with Gasteiger partial charge in [-0.2, -0.15) is 0 Å². The number of cyclic esters (lactones) is 1. The third-order valence-corrected chi connectivity index (χ3v) is 15.9. The Labute approximate surface area is 469 Å². The maximum absolute atomic E-state index is 14.5. The molecule has 20 heteroatoms. The third-order valence-electron chi connectivity index (χ3n) is 15.9. The summed E-state index contributed by atoms with van der Waals surface area (Å²) in [4.78, 5) is 70.7. The molecule has 3 fully saturated rings. The highest BCUT2D eigenvalue weighted by Crippen LogP contribution is 2.37. The molecule has 2 saturated heterocycles. The molecule has 0 spiro atoms. The lowest BCUT2D eigenvalue weighted by molar-refractivity contribution is -0.265. The number of hydrogen-bond donors (Lipinski definition) is 5. The summed E-state index contributed by atoms with van der Waals surface area (Å²) in [6.07, 6.45) is 10.4. The lowest BCUT2D eigenvalue weighted by atomic mass is 9.80. The van der Waals surface area contributed by atoms with Gasteiger partial charge in [-0.05, 0) is 120 Å². The molecule has 3 aliphatic heterocycles. The molecule has 0 unspecified atom stereocenters. The maximum atomic E-state index is 14.5. The van der Waals surface area contributed by atoms with Crippen molar-refractivity contribution in [2.45, 2.75) is 186 Å². The lowest BCUT2D eigenvalue weighted by Gasteiger charge is -2.42. The van der Waals surface area contributed by atoms with E-state index in [9.17, 15) is 39.3 Å². The van der Waals surface area contributed by atoms with Crippen molar-refractivity contribution < 1.29 is 81.9 Å². The summed E-state index contributed by atoms with van der Waals surface area (Å²) < 4.78 is 51.3. The van der Waals surface area contributed by atoms with Crippen LogP contribution in [0.25, 0.3) is 0 Å². The Morgan fingerprint density at radius 2 is 1.47 bits per heavy atom. The van der Waals surface area contributed by atoms with Crippen molar-refractivity contribution in [1.82, 2.24) is 10.2 Å². The molecule has 20 nitrogen and oxygen atoms in total. The van der Waals surface area contributed by atoms with Gasteiger partial charge < -0.3 is 73.9 Å². The molecule has 4 aliphatic rings. The standard InChI is InChI=1S/C59H97N3O17/c1-38-15-11-10-12-16-40(3)50(72-8)37-45-21-19-43(6)59(70,79-45)55(66)56(67)62-25-14-13-17-47(62)57(68)77-48(22-18-39(2)34-42(5)53(64)54(65)52(63)41(4)33-38)46(60)35-44-20-23-49(51(36-44)73-9)78-58(69)61-24-26-74-29-30-76-32-31-75-28-27-71-7/h10-12,15-16,34,38-39,41,43-51,53-54,64-65,70H,13-14,17-33,35-37,60H2,1-9H3,(H,61,69)/b12-10+,15-11+,40-16+,42-34+/t38-,39+,41-,43-,44+,45+,46-,47+,48+,49-,50+,51-,53-,54+,59-/m1/s1. The number of aliphatic hydroxyl groups is 3. The van der Waals surface area contributed by atoms with Gasteiger partial charge in [-0.3, -0.25) is 14.4 Å². The average molecular weight is 1120 g/mol. The van der Waals surface area contributed by atoms with Gasteiger partial charge in [-0.15, -0.1) is 0 Å². The van der Waals surface area contributed by atoms with E-state index in [1.807, 2.05) is 51.2 Å². The van der Waals surface area contributed by atoms with Crippen LogP contribution in [-0.4, -0.2) is 191 Å². The third kappa shape index (κ3) is 21.7. The first-order valence-corrected chi connectivity index (χ1v) is 28.8. The molecule has 2 bridgehead atoms. The van der Waals surface area contributed by atoms with Gasteiger partial charge in [0.05, 0.1) is 64.6 Å². The normalized spacial score (nSPS) is 35.2. The minimum Gasteiger partial charge on any atom is -0.459 e. The monoisotopic (exact) mass is 1120 g/mol. The first-order valence-electron chi connectivity index (χ1n) is 28.8. The van der Waals surface area contributed by atoms with Gasteiger partial charge in [0.15, 0.2) is 5.78 Å². The second-order valence-electron chi connectivity index (χ2n) is 22.3. The second-order valence-corrected chi connectivity index (χ2v) is 22.3. The van der Waals surface area contributed by atoms with Crippen LogP contribution in [-0.2, 0) is 61.8 Å². The molecule has 0 aromatic heterocycles. The SMILES string of the molecule is COCCOCCOCCOCCNC(=O)O[C@@H]1CC[C@@H](C[C@@H](N)[C@@H]2CC[C@H](C)/C=C(\C)[C@@H](O)[C@@H](O)C(=O)[C@H](C)C[C@H](C)/C=C/C=C/C=C(\C)[C@@H](OC)C[C@@H]3CC[C@@H](C)[C@@](O)(O3)C(=O)C(=O)N3CCCC[C@H]3C(=O)O2)C[C@H]1OC. The summed E-state index contributed by atoms with van der Waals surface area (Å²) in [6.45, 7) is 14.1. The second kappa shape index (κ2) is 35.2. The van der Waals surface area contributed by atoms with Crippen LogP contribution >= 0.6 is 0 Å². The molecular formula is C59H97N3O17. The Morgan fingerprint density at radius 1 is 0.772 bits per heavy atom. The van der Waals surface area contributed by atoms with Crippen molar-refractivity contribution >= 4 is 29.5 Å². The molecule has 79 heavy (non-hydrogen) atoms. The van der Waals surface area contributed by atoms with Crippen LogP contribution in [0.1, 0.15) is 125 Å². The van der Waals surface area contributed by atoms with E-state index in [-0.39, 0.29) is 50.3 Å². The molecule has 0 aromatic rings. The van der Waals surface area contributed by atoms with E-state index < -0.39 is 102 Å². The average Bonchev–Trinajstić information content (AvgIpc) is 3.44. The fourth-order valence-electron chi connectivity index (χ4n) is 11.0. The quantitative estimate of drug-likeness (QED) is 0.0493. The topological polar surface area (TPSA) is 270 Å². The number of methoxy groups -OCH3 is 3. The van der Waals surface area contributed by atoms with Crippen molar-refractivity contribution in [1.29, 1.82) is 0 Å². The number of esters is 1. The lowest BCUT2D eigenvalue weighted by Crippen LogP contribution is -2.61. The molecule has 15 atom stereocenters. The number of ether oxygens (including phenoxy) is 9. The summed E-state index contributed by atoms with van der Waals surface area (Å²) in [5.41, 5.74) is 8.32. The Balaban J connectivity index is 1.51. The number of carbonyl (C=O) groups excluding carboxylic acids is 5. The first kappa shape index (κ1) is 67.6. The maximum Gasteiger partial charge on any atom is 0.407 e. The fraction of sp³-hybridized carbons (Fsp3) is 0.780. The van der Waals surface area contributed by atoms with Gasteiger partial charge in [0.25, 0.3) is 11.7 Å². The van der Waals surface area contributed by atoms with Crippen LogP contribution < -0.4 is 11.1 Å². The minimum absolute atomic E-state index is 0.0118. The molecule has 2 amide bonds. The van der Waals surface area contributed by atoms with Crippen LogP contribution in [0.4, 0.5) is 4.79 Å². The van der Waals surface area contributed by atoms with Gasteiger partial charge in [0.2, 0.25) is 5.79 Å². The van der Waals surface area contributed by atoms with Gasteiger partial charge in [0, 0.05) is 58.7 Å². The first-order chi connectivity index (χ1) is 37.7. The van der Waals surface area contributed by atoms with Gasteiger partial charge >= 0.3 is 12.1 Å². The Bertz CT molecular complexity index is 2020. The number of aliphatic hydroxyl groups excluding tert-OH is 2. The zero-order valence-corrected chi connectivity index (χ0v) is 48.7. The zero-order valence-electron chi connectivity index (χ0n) is 48.7. The molecular weight excluding hydrogens is 1020 g/mol. The van der Waals surface area contributed by atoms with Crippen LogP contribution in [0.3, 0.4) is 0 Å². The number of fused-ring (bicyclic) bond motifs is 3. The van der Waals surface area contributed by atoms with Crippen molar-refractivity contribution in [2.75, 3.05) is 80.7 Å². The number of alkyl carbamates (subject to hydrolysis) is 1. The van der Waals surface area contributed by atoms with Crippen LogP contribution in [0.5, 0.6) is 0 Å². The molecule has 3 heterocycles. The predicted molar refractivity (Wildman–Crippen MR) is 295 cm³/mol. The van der Waals surface area contributed by atoms with Gasteiger partial charge in [-0.25, -0.2) is 9.59 Å². The number of amides is 2. The Hall–Kier alpha value is -3.93. The van der Waals surface area contributed by atoms with Crippen molar-refractivity contribution in [3.8, 4) is 0 Å². The van der Waals surface area contributed by atoms with E-state index in [2.05, 4.69) is 5.32 Å². The number of piperidine rings is 1. The van der Waals surface area contributed by atoms with Gasteiger partial charge in [0.1, 0.15) is 30.5 Å². The highest BCUT2D eigenvalue weighted by molar-refractivity contribution is 6.39. The van der Waals surface area contributed by atoms with Crippen LogP contribution in [0, 0.1) is 29.6 Å². The number of rotatable bonds is 18. The molecule has 0 aromatic carbocycles. The molecule has 1 saturated carbocycles. The number of nitrogens with zero attached hydrogens (tertiary/aromatic N) is 1. The Morgan fingerprint density at radius 3 is 2.15 bits per heavy atom. The summed E-state index contributed by atoms with van der Waals surface area (Å²) in [7, 11) is 4.74. The number of nitrogens with two attached hydrogens (primary N) is 1. The summed E-state index contributed by atoms with van der Waals surface area (Å²) in [6, 6.07) is -1.84. The largest absolute Gasteiger partial charge is 0.459 e. The highest BCUT2D eigenvalue weighted by atomic mass is 16.6. The minimum atomic E-state index is -2.44. The number of nitrogens with one attached hydrogen (secondary N) is 1. The van der Waals surface area contributed by atoms with Crippen LogP contribution in [0.2, 0.25) is 0 Å². The number of allylic oxidation sites excluding steroid dienone is 6. The smallest absolute Gasteiger partial charge is 0.407 e. The molecule has 0 radical (unpaired) electrons. The van der Waals surface area contributed by atoms with E-state index in [4.69, 9.17) is 48.4 Å². The van der Waals surface area contributed by atoms with Crippen molar-refractivity contribution in [3.05, 3.63) is 47.6 Å². The summed E-state index contributed by atoms with van der Waals surface area (Å²) in [5, 5.41) is 37.1. The molecule has 4 rings (SSSR count). The molecule has 6 N–H and O–H groups in total. The fourth-order valence-corrected chi connectivity index (χ4v) is 11.0. The zero-order chi connectivity index (χ0) is 58.1. The highest BCUT2D eigenvalue weighted by Gasteiger charge is 2.53. The number of ketones is 2. The molecule has 450 valence electrons. The summed E-state index contributed by atoms with van der Waals surface area (Å²) >= 11 is 0. The number of hydrogen-bond acceptors (Lipinski definition) is 18. The van der Waals surface area contributed by atoms with E-state index in [1.165, 1.54) is 4.90 Å². The van der Waals surface area contributed by atoms with Crippen molar-refractivity contribution in [2.24, 2.45) is 35.3 Å². The summed E-state index contributed by atoms with van der Waals surface area (Å²) in [5.74, 6) is -7.32.